The SMILES string of the molecule is NC(=O)C1CCNC2(C1)C[C@H]2C1CCN(CC2(O)COC2)C1. The molecule has 22 heavy (non-hydrogen) atoms. The van der Waals surface area contributed by atoms with Crippen molar-refractivity contribution in [1.29, 1.82) is 0 Å². The van der Waals surface area contributed by atoms with E-state index in [-0.39, 0.29) is 17.4 Å². The molecule has 4 fully saturated rings. The lowest BCUT2D eigenvalue weighted by atomic mass is 9.86. The van der Waals surface area contributed by atoms with E-state index < -0.39 is 5.60 Å². The van der Waals surface area contributed by atoms with Crippen LogP contribution in [-0.4, -0.2) is 66.4 Å². The highest BCUT2D eigenvalue weighted by Crippen LogP contribution is 2.55. The standard InChI is InChI=1S/C16H27N3O3/c17-14(20)11-1-3-18-16(5-11)6-13(16)12-2-4-19(7-12)8-15(21)9-22-10-15/h11-13,18,21H,1-10H2,(H2,17,20)/t11?,12?,13-,16?/m0/s1. The Hall–Kier alpha value is -0.690. The van der Waals surface area contributed by atoms with Gasteiger partial charge in [-0.1, -0.05) is 0 Å². The molecular formula is C16H27N3O3. The number of primary amides is 1. The Morgan fingerprint density at radius 1 is 1.36 bits per heavy atom. The molecule has 4 aliphatic rings. The van der Waals surface area contributed by atoms with E-state index in [1.165, 1.54) is 12.8 Å². The van der Waals surface area contributed by atoms with Crippen molar-refractivity contribution < 1.29 is 14.6 Å². The first-order valence-electron chi connectivity index (χ1n) is 8.57. The predicted molar refractivity (Wildman–Crippen MR) is 81.1 cm³/mol. The number of β-amino-alcohol motifs (C(OH)–C–C–N with tert-alkyl or cyclic N) is 1. The first kappa shape index (κ1) is 14.9. The number of hydrogen-bond donors (Lipinski definition) is 3. The third kappa shape index (κ3) is 2.56. The summed E-state index contributed by atoms with van der Waals surface area (Å²) in [7, 11) is 0. The number of ether oxygens (including phenoxy) is 1. The number of carbonyl (C=O) groups excluding carboxylic acids is 1. The van der Waals surface area contributed by atoms with Crippen LogP contribution in [0.15, 0.2) is 0 Å². The fourth-order valence-electron chi connectivity index (χ4n) is 4.92. The number of aliphatic hydroxyl groups is 1. The molecule has 0 aromatic rings. The smallest absolute Gasteiger partial charge is 0.220 e. The minimum absolute atomic E-state index is 0.0524. The van der Waals surface area contributed by atoms with Gasteiger partial charge in [0.2, 0.25) is 5.91 Å². The largest absolute Gasteiger partial charge is 0.384 e. The number of nitrogens with zero attached hydrogens (tertiary/aromatic N) is 1. The molecule has 0 bridgehead atoms. The molecule has 4 atom stereocenters. The molecule has 6 nitrogen and oxygen atoms in total. The Morgan fingerprint density at radius 3 is 2.86 bits per heavy atom. The average Bonchev–Trinajstić information content (AvgIpc) is 2.93. The molecule has 3 unspecified atom stereocenters. The molecule has 4 N–H and O–H groups in total. The Labute approximate surface area is 131 Å². The summed E-state index contributed by atoms with van der Waals surface area (Å²) in [5.41, 5.74) is 5.07. The normalized spacial score (nSPS) is 44.0. The Bertz CT molecular complexity index is 468. The van der Waals surface area contributed by atoms with Gasteiger partial charge in [0.1, 0.15) is 5.60 Å². The summed E-state index contributed by atoms with van der Waals surface area (Å²) in [5.74, 6) is 1.28. The monoisotopic (exact) mass is 309 g/mol. The lowest BCUT2D eigenvalue weighted by molar-refractivity contribution is -0.186. The molecule has 3 saturated heterocycles. The van der Waals surface area contributed by atoms with Gasteiger partial charge in [0.15, 0.2) is 0 Å². The van der Waals surface area contributed by atoms with Gasteiger partial charge in [-0.2, -0.15) is 0 Å². The van der Waals surface area contributed by atoms with Crippen molar-refractivity contribution in [3.63, 3.8) is 0 Å². The summed E-state index contributed by atoms with van der Waals surface area (Å²) < 4.78 is 5.13. The van der Waals surface area contributed by atoms with E-state index in [0.717, 1.165) is 39.0 Å². The van der Waals surface area contributed by atoms with Crippen molar-refractivity contribution in [3.05, 3.63) is 0 Å². The predicted octanol–water partition coefficient (Wildman–Crippen LogP) is -0.687. The number of carbonyl (C=O) groups is 1. The van der Waals surface area contributed by atoms with E-state index in [1.807, 2.05) is 0 Å². The molecule has 1 spiro atoms. The van der Waals surface area contributed by atoms with Crippen molar-refractivity contribution >= 4 is 5.91 Å². The van der Waals surface area contributed by atoms with Crippen LogP contribution in [0.2, 0.25) is 0 Å². The number of piperidine rings is 1. The summed E-state index contributed by atoms with van der Waals surface area (Å²) in [6, 6.07) is 0. The number of rotatable bonds is 4. The van der Waals surface area contributed by atoms with Gasteiger partial charge in [0, 0.05) is 24.5 Å². The number of likely N-dealkylation sites (tertiary alicyclic amines) is 1. The fraction of sp³-hybridized carbons (Fsp3) is 0.938. The van der Waals surface area contributed by atoms with E-state index in [1.54, 1.807) is 0 Å². The molecule has 0 aromatic heterocycles. The third-order valence-corrected chi connectivity index (χ3v) is 6.25. The molecule has 1 saturated carbocycles. The van der Waals surface area contributed by atoms with E-state index in [9.17, 15) is 9.90 Å². The van der Waals surface area contributed by atoms with Gasteiger partial charge in [-0.3, -0.25) is 9.69 Å². The molecule has 4 rings (SSSR count). The highest BCUT2D eigenvalue weighted by atomic mass is 16.5. The van der Waals surface area contributed by atoms with Crippen LogP contribution < -0.4 is 11.1 Å². The first-order valence-corrected chi connectivity index (χ1v) is 8.57. The maximum atomic E-state index is 11.5. The van der Waals surface area contributed by atoms with Crippen LogP contribution in [0.25, 0.3) is 0 Å². The summed E-state index contributed by atoms with van der Waals surface area (Å²) in [5, 5.41) is 13.9. The maximum Gasteiger partial charge on any atom is 0.220 e. The number of nitrogens with two attached hydrogens (primary N) is 1. The van der Waals surface area contributed by atoms with Crippen molar-refractivity contribution in [2.45, 2.75) is 36.8 Å². The van der Waals surface area contributed by atoms with Gasteiger partial charge >= 0.3 is 0 Å². The third-order valence-electron chi connectivity index (χ3n) is 6.25. The van der Waals surface area contributed by atoms with Crippen LogP contribution >= 0.6 is 0 Å². The average molecular weight is 309 g/mol. The zero-order valence-electron chi connectivity index (χ0n) is 13.1. The quantitative estimate of drug-likeness (QED) is 0.640. The Morgan fingerprint density at radius 2 is 2.18 bits per heavy atom. The van der Waals surface area contributed by atoms with Gasteiger partial charge < -0.3 is 20.9 Å². The number of amides is 1. The second-order valence-corrected chi connectivity index (χ2v) is 7.99. The zero-order valence-corrected chi connectivity index (χ0v) is 13.1. The number of hydrogen-bond acceptors (Lipinski definition) is 5. The molecule has 3 aliphatic heterocycles. The minimum Gasteiger partial charge on any atom is -0.384 e. The van der Waals surface area contributed by atoms with Gasteiger partial charge in [-0.05, 0) is 50.6 Å². The van der Waals surface area contributed by atoms with Crippen LogP contribution in [0.1, 0.15) is 25.7 Å². The maximum absolute atomic E-state index is 11.5. The van der Waals surface area contributed by atoms with Crippen LogP contribution in [0, 0.1) is 17.8 Å². The summed E-state index contributed by atoms with van der Waals surface area (Å²) >= 11 is 0. The van der Waals surface area contributed by atoms with Crippen LogP contribution in [0.4, 0.5) is 0 Å². The van der Waals surface area contributed by atoms with Crippen molar-refractivity contribution in [3.8, 4) is 0 Å². The molecule has 1 aliphatic carbocycles. The van der Waals surface area contributed by atoms with Crippen LogP contribution in [-0.2, 0) is 9.53 Å². The first-order chi connectivity index (χ1) is 10.5. The zero-order chi connectivity index (χ0) is 15.4. The highest BCUT2D eigenvalue weighted by molar-refractivity contribution is 5.77. The lowest BCUT2D eigenvalue weighted by Crippen LogP contribution is -2.56. The highest BCUT2D eigenvalue weighted by Gasteiger charge is 2.60. The van der Waals surface area contributed by atoms with Crippen molar-refractivity contribution in [2.75, 3.05) is 39.4 Å². The van der Waals surface area contributed by atoms with Gasteiger partial charge in [0.05, 0.1) is 13.2 Å². The lowest BCUT2D eigenvalue weighted by Gasteiger charge is -2.39. The number of nitrogens with one attached hydrogen (secondary N) is 1. The summed E-state index contributed by atoms with van der Waals surface area (Å²) in [6.45, 7) is 4.74. The molecule has 0 aromatic carbocycles. The van der Waals surface area contributed by atoms with Crippen LogP contribution in [0.5, 0.6) is 0 Å². The molecular weight excluding hydrogens is 282 g/mol. The fourth-order valence-corrected chi connectivity index (χ4v) is 4.92. The van der Waals surface area contributed by atoms with Crippen molar-refractivity contribution in [1.82, 2.24) is 10.2 Å². The Kier molecular flexibility index (Phi) is 3.49. The van der Waals surface area contributed by atoms with Gasteiger partial charge in [-0.25, -0.2) is 0 Å². The molecule has 0 radical (unpaired) electrons. The van der Waals surface area contributed by atoms with Crippen molar-refractivity contribution in [2.24, 2.45) is 23.5 Å². The van der Waals surface area contributed by atoms with Gasteiger partial charge in [0.25, 0.3) is 0 Å². The molecule has 3 heterocycles. The molecule has 124 valence electrons. The van der Waals surface area contributed by atoms with E-state index in [4.69, 9.17) is 10.5 Å². The topological polar surface area (TPSA) is 87.8 Å². The Balaban J connectivity index is 1.32. The second kappa shape index (κ2) is 5.16. The minimum atomic E-state index is -0.615. The van der Waals surface area contributed by atoms with Gasteiger partial charge in [-0.15, -0.1) is 0 Å². The van der Waals surface area contributed by atoms with E-state index >= 15 is 0 Å². The van der Waals surface area contributed by atoms with E-state index in [2.05, 4.69) is 10.2 Å². The second-order valence-electron chi connectivity index (χ2n) is 7.99. The summed E-state index contributed by atoms with van der Waals surface area (Å²) in [4.78, 5) is 13.9. The summed E-state index contributed by atoms with van der Waals surface area (Å²) in [6.07, 6.45) is 4.18. The molecule has 1 amide bonds. The van der Waals surface area contributed by atoms with E-state index in [0.29, 0.717) is 25.0 Å². The van der Waals surface area contributed by atoms with Crippen LogP contribution in [0.3, 0.4) is 0 Å². The molecule has 6 heteroatoms.